The zero-order valence-electron chi connectivity index (χ0n) is 12.0. The van der Waals surface area contributed by atoms with Crippen molar-refractivity contribution in [3.8, 4) is 11.8 Å². The maximum absolute atomic E-state index is 8.85. The fourth-order valence-electron chi connectivity index (χ4n) is 2.33. The van der Waals surface area contributed by atoms with Gasteiger partial charge in [0.1, 0.15) is 5.75 Å². The Morgan fingerprint density at radius 1 is 1.45 bits per heavy atom. The van der Waals surface area contributed by atoms with Crippen LogP contribution in [0.25, 0.3) is 0 Å². The first-order valence-corrected chi connectivity index (χ1v) is 7.40. The second-order valence-corrected chi connectivity index (χ2v) is 6.18. The highest BCUT2D eigenvalue weighted by Gasteiger charge is 2.43. The fourth-order valence-corrected chi connectivity index (χ4v) is 2.33. The monoisotopic (exact) mass is 271 g/mol. The number of ether oxygens (including phenoxy) is 1. The minimum absolute atomic E-state index is 0.112. The van der Waals surface area contributed by atoms with Gasteiger partial charge in [-0.2, -0.15) is 5.26 Å². The van der Waals surface area contributed by atoms with E-state index in [9.17, 15) is 0 Å². The standard InChI is InChI=1S/C16H21N3O/c1-12-2-5-15(14(19-12)10-18-13-3-4-13)20-11-16(6-7-16)8-9-17/h2,5,13,18H,3-4,6-8,10-11H2,1H3. The van der Waals surface area contributed by atoms with Gasteiger partial charge in [-0.05, 0) is 44.7 Å². The molecule has 2 aliphatic carbocycles. The van der Waals surface area contributed by atoms with Gasteiger partial charge in [0.25, 0.3) is 0 Å². The predicted molar refractivity (Wildman–Crippen MR) is 76.2 cm³/mol. The normalized spacial score (nSPS) is 19.4. The number of hydrogen-bond donors (Lipinski definition) is 1. The number of nitriles is 1. The summed E-state index contributed by atoms with van der Waals surface area (Å²) < 4.78 is 5.97. The second-order valence-electron chi connectivity index (χ2n) is 6.18. The molecule has 0 amide bonds. The van der Waals surface area contributed by atoms with E-state index >= 15 is 0 Å². The molecule has 0 aliphatic heterocycles. The van der Waals surface area contributed by atoms with Crippen molar-refractivity contribution < 1.29 is 4.74 Å². The Labute approximate surface area is 120 Å². The molecule has 0 spiro atoms. The summed E-state index contributed by atoms with van der Waals surface area (Å²) >= 11 is 0. The molecular weight excluding hydrogens is 250 g/mol. The van der Waals surface area contributed by atoms with Crippen LogP contribution >= 0.6 is 0 Å². The van der Waals surface area contributed by atoms with E-state index in [1.807, 2.05) is 19.1 Å². The highest BCUT2D eigenvalue weighted by molar-refractivity contribution is 5.29. The molecule has 3 rings (SSSR count). The summed E-state index contributed by atoms with van der Waals surface area (Å²) in [6, 6.07) is 6.93. The smallest absolute Gasteiger partial charge is 0.142 e. The lowest BCUT2D eigenvalue weighted by Gasteiger charge is -2.16. The average Bonchev–Trinajstić information content (AvgIpc) is 3.32. The van der Waals surface area contributed by atoms with Crippen LogP contribution < -0.4 is 10.1 Å². The molecule has 0 saturated heterocycles. The van der Waals surface area contributed by atoms with Crippen molar-refractivity contribution in [3.63, 3.8) is 0 Å². The lowest BCUT2D eigenvalue weighted by Crippen LogP contribution is -2.19. The van der Waals surface area contributed by atoms with Gasteiger partial charge in [-0.25, -0.2) is 0 Å². The van der Waals surface area contributed by atoms with Crippen molar-refractivity contribution in [2.75, 3.05) is 6.61 Å². The van der Waals surface area contributed by atoms with Gasteiger partial charge in [-0.15, -0.1) is 0 Å². The lowest BCUT2D eigenvalue weighted by molar-refractivity contribution is 0.233. The van der Waals surface area contributed by atoms with Crippen LogP contribution in [0, 0.1) is 23.7 Å². The van der Waals surface area contributed by atoms with E-state index < -0.39 is 0 Å². The molecule has 0 radical (unpaired) electrons. The molecule has 2 aliphatic rings. The average molecular weight is 271 g/mol. The summed E-state index contributed by atoms with van der Waals surface area (Å²) in [4.78, 5) is 4.59. The molecule has 20 heavy (non-hydrogen) atoms. The summed E-state index contributed by atoms with van der Waals surface area (Å²) in [6.45, 7) is 3.41. The first kappa shape index (κ1) is 13.4. The first-order valence-electron chi connectivity index (χ1n) is 7.40. The maximum atomic E-state index is 8.85. The fraction of sp³-hybridized carbons (Fsp3) is 0.625. The van der Waals surface area contributed by atoms with Crippen LogP contribution in [0.2, 0.25) is 0 Å². The highest BCUT2D eigenvalue weighted by atomic mass is 16.5. The number of aromatic nitrogens is 1. The second kappa shape index (κ2) is 5.41. The van der Waals surface area contributed by atoms with E-state index in [2.05, 4.69) is 16.4 Å². The number of nitrogens with zero attached hydrogens (tertiary/aromatic N) is 2. The van der Waals surface area contributed by atoms with E-state index in [0.717, 1.165) is 36.5 Å². The Bertz CT molecular complexity index is 527. The Kier molecular flexibility index (Phi) is 3.62. The summed E-state index contributed by atoms with van der Waals surface area (Å²) in [7, 11) is 0. The molecule has 2 saturated carbocycles. The van der Waals surface area contributed by atoms with Gasteiger partial charge in [-0.1, -0.05) is 0 Å². The molecule has 106 valence electrons. The third-order valence-electron chi connectivity index (χ3n) is 4.15. The SMILES string of the molecule is Cc1ccc(OCC2(CC#N)CC2)c(CNC2CC2)n1. The van der Waals surface area contributed by atoms with E-state index in [1.165, 1.54) is 12.8 Å². The Hall–Kier alpha value is -1.60. The molecule has 0 aromatic carbocycles. The number of aryl methyl sites for hydroxylation is 1. The van der Waals surface area contributed by atoms with E-state index in [-0.39, 0.29) is 5.41 Å². The third-order valence-corrected chi connectivity index (χ3v) is 4.15. The molecular formula is C16H21N3O. The van der Waals surface area contributed by atoms with Crippen LogP contribution in [0.5, 0.6) is 5.75 Å². The van der Waals surface area contributed by atoms with Gasteiger partial charge < -0.3 is 10.1 Å². The molecule has 1 aromatic rings. The van der Waals surface area contributed by atoms with E-state index in [0.29, 0.717) is 19.1 Å². The van der Waals surface area contributed by atoms with Crippen LogP contribution in [-0.2, 0) is 6.54 Å². The van der Waals surface area contributed by atoms with Crippen molar-refractivity contribution in [2.45, 2.75) is 51.6 Å². The van der Waals surface area contributed by atoms with Crippen LogP contribution in [0.3, 0.4) is 0 Å². The quantitative estimate of drug-likeness (QED) is 0.828. The Morgan fingerprint density at radius 2 is 2.25 bits per heavy atom. The molecule has 4 heteroatoms. The maximum Gasteiger partial charge on any atom is 0.142 e. The Balaban J connectivity index is 1.63. The molecule has 1 aromatic heterocycles. The number of hydrogen-bond acceptors (Lipinski definition) is 4. The topological polar surface area (TPSA) is 57.9 Å². The first-order chi connectivity index (χ1) is 9.71. The summed E-state index contributed by atoms with van der Waals surface area (Å²) in [6.07, 6.45) is 5.35. The van der Waals surface area contributed by atoms with E-state index in [1.54, 1.807) is 0 Å². The van der Waals surface area contributed by atoms with Crippen molar-refractivity contribution in [1.82, 2.24) is 10.3 Å². The summed E-state index contributed by atoms with van der Waals surface area (Å²) in [5.74, 6) is 0.868. The van der Waals surface area contributed by atoms with Gasteiger partial charge in [-0.3, -0.25) is 4.98 Å². The van der Waals surface area contributed by atoms with Crippen molar-refractivity contribution in [1.29, 1.82) is 5.26 Å². The molecule has 1 N–H and O–H groups in total. The molecule has 0 atom stereocenters. The van der Waals surface area contributed by atoms with Crippen LogP contribution in [-0.4, -0.2) is 17.6 Å². The molecule has 1 heterocycles. The number of rotatable bonds is 7. The third kappa shape index (κ3) is 3.29. The van der Waals surface area contributed by atoms with Crippen LogP contribution in [0.1, 0.15) is 43.5 Å². The lowest BCUT2D eigenvalue weighted by atomic mass is 10.1. The molecule has 0 unspecified atom stereocenters. The van der Waals surface area contributed by atoms with Crippen molar-refractivity contribution >= 4 is 0 Å². The van der Waals surface area contributed by atoms with E-state index in [4.69, 9.17) is 10.00 Å². The molecule has 4 nitrogen and oxygen atoms in total. The molecule has 2 fully saturated rings. The number of nitrogens with one attached hydrogen (secondary N) is 1. The Morgan fingerprint density at radius 3 is 2.90 bits per heavy atom. The summed E-state index contributed by atoms with van der Waals surface area (Å²) in [5, 5.41) is 12.3. The van der Waals surface area contributed by atoms with Crippen LogP contribution in [0.15, 0.2) is 12.1 Å². The zero-order chi connectivity index (χ0) is 14.0. The van der Waals surface area contributed by atoms with Gasteiger partial charge in [0.2, 0.25) is 0 Å². The highest BCUT2D eigenvalue weighted by Crippen LogP contribution is 2.48. The number of pyridine rings is 1. The summed E-state index contributed by atoms with van der Waals surface area (Å²) in [5.41, 5.74) is 2.12. The minimum atomic E-state index is 0.112. The van der Waals surface area contributed by atoms with Crippen molar-refractivity contribution in [2.24, 2.45) is 5.41 Å². The van der Waals surface area contributed by atoms with Crippen molar-refractivity contribution in [3.05, 3.63) is 23.5 Å². The van der Waals surface area contributed by atoms with Gasteiger partial charge in [0.05, 0.1) is 18.4 Å². The van der Waals surface area contributed by atoms with Gasteiger partial charge in [0.15, 0.2) is 0 Å². The zero-order valence-corrected chi connectivity index (χ0v) is 12.0. The van der Waals surface area contributed by atoms with Gasteiger partial charge >= 0.3 is 0 Å². The van der Waals surface area contributed by atoms with Crippen LogP contribution in [0.4, 0.5) is 0 Å². The largest absolute Gasteiger partial charge is 0.491 e. The van der Waals surface area contributed by atoms with Gasteiger partial charge in [0, 0.05) is 30.1 Å². The predicted octanol–water partition coefficient (Wildman–Crippen LogP) is 2.71. The molecule has 0 bridgehead atoms. The minimum Gasteiger partial charge on any atom is -0.491 e.